The Kier molecular flexibility index (Phi) is 7.47. The number of hydrogen-bond donors (Lipinski definition) is 0. The molecule has 5 rings (SSSR count). The molecule has 2 aromatic carbocycles. The number of aromatic nitrogens is 5. The lowest BCUT2D eigenvalue weighted by atomic mass is 10.2. The monoisotopic (exact) mass is 565 g/mol. The molecule has 4 aromatic rings. The van der Waals surface area contributed by atoms with E-state index in [0.717, 1.165) is 21.6 Å². The van der Waals surface area contributed by atoms with Crippen molar-refractivity contribution < 1.29 is 9.53 Å². The molecule has 0 aliphatic carbocycles. The van der Waals surface area contributed by atoms with Gasteiger partial charge in [0.1, 0.15) is 5.75 Å². The number of para-hydroxylation sites is 2. The number of nitrogens with zero attached hydrogens (tertiary/aromatic N) is 7. The highest BCUT2D eigenvalue weighted by Gasteiger charge is 2.29. The number of hydrogen-bond acceptors (Lipinski definition) is 8. The van der Waals surface area contributed by atoms with Gasteiger partial charge in [-0.3, -0.25) is 4.79 Å². The van der Waals surface area contributed by atoms with E-state index < -0.39 is 0 Å². The zero-order chi connectivity index (χ0) is 24.9. The Balaban J connectivity index is 1.37. The number of methoxy groups -OCH3 is 1. The van der Waals surface area contributed by atoms with Crippen molar-refractivity contribution >= 4 is 39.3 Å². The minimum atomic E-state index is -0.123. The van der Waals surface area contributed by atoms with Crippen LogP contribution >= 0.6 is 27.7 Å². The fraction of sp³-hybridized carbons (Fsp3) is 0.240. The molecule has 184 valence electrons. The molecule has 1 amide bonds. The fourth-order valence-corrected chi connectivity index (χ4v) is 5.13. The van der Waals surface area contributed by atoms with Crippen LogP contribution in [0.15, 0.2) is 76.6 Å². The maximum Gasteiger partial charge on any atom is 0.276 e. The largest absolute Gasteiger partial charge is 0.495 e. The van der Waals surface area contributed by atoms with Crippen LogP contribution in [0.25, 0.3) is 5.69 Å². The van der Waals surface area contributed by atoms with Gasteiger partial charge in [0.05, 0.1) is 24.2 Å². The fourth-order valence-electron chi connectivity index (χ4n) is 4.07. The molecule has 3 heterocycles. The van der Waals surface area contributed by atoms with Crippen LogP contribution in [0.1, 0.15) is 16.2 Å². The van der Waals surface area contributed by atoms with Crippen molar-refractivity contribution in [1.82, 2.24) is 29.9 Å². The first-order valence-corrected chi connectivity index (χ1v) is 13.2. The van der Waals surface area contributed by atoms with E-state index in [-0.39, 0.29) is 5.91 Å². The van der Waals surface area contributed by atoms with Crippen molar-refractivity contribution in [3.05, 3.63) is 82.9 Å². The Hall–Kier alpha value is -3.44. The van der Waals surface area contributed by atoms with Crippen LogP contribution in [-0.2, 0) is 5.75 Å². The first kappa shape index (κ1) is 24.3. The quantitative estimate of drug-likeness (QED) is 0.244. The summed E-state index contributed by atoms with van der Waals surface area (Å²) < 4.78 is 8.20. The molecule has 1 fully saturated rings. The number of benzene rings is 2. The molecule has 0 radical (unpaired) electrons. The zero-order valence-corrected chi connectivity index (χ0v) is 22.0. The minimum absolute atomic E-state index is 0.123. The molecule has 0 saturated carbocycles. The van der Waals surface area contributed by atoms with Gasteiger partial charge >= 0.3 is 0 Å². The van der Waals surface area contributed by atoms with E-state index in [2.05, 4.69) is 41.1 Å². The van der Waals surface area contributed by atoms with Gasteiger partial charge in [-0.1, -0.05) is 45.0 Å². The van der Waals surface area contributed by atoms with Crippen LogP contribution in [0.3, 0.4) is 0 Å². The maximum absolute atomic E-state index is 13.6. The summed E-state index contributed by atoms with van der Waals surface area (Å²) in [4.78, 5) is 26.3. The minimum Gasteiger partial charge on any atom is -0.495 e. The predicted molar refractivity (Wildman–Crippen MR) is 142 cm³/mol. The van der Waals surface area contributed by atoms with Gasteiger partial charge in [0.25, 0.3) is 5.91 Å². The van der Waals surface area contributed by atoms with Crippen LogP contribution in [0.2, 0.25) is 0 Å². The van der Waals surface area contributed by atoms with Gasteiger partial charge in [-0.15, -0.1) is 5.10 Å². The Labute approximate surface area is 221 Å². The molecule has 1 saturated heterocycles. The van der Waals surface area contributed by atoms with Gasteiger partial charge in [-0.2, -0.15) is 0 Å². The third-order valence-corrected chi connectivity index (χ3v) is 7.33. The molecular weight excluding hydrogens is 542 g/mol. The second-order valence-corrected chi connectivity index (χ2v) is 9.90. The average molecular weight is 566 g/mol. The third kappa shape index (κ3) is 5.21. The van der Waals surface area contributed by atoms with Gasteiger partial charge in [0, 0.05) is 48.8 Å². The Bertz CT molecular complexity index is 1330. The van der Waals surface area contributed by atoms with Crippen LogP contribution in [0, 0.1) is 0 Å². The van der Waals surface area contributed by atoms with E-state index in [4.69, 9.17) is 4.74 Å². The van der Waals surface area contributed by atoms with Crippen LogP contribution in [0.4, 0.5) is 5.69 Å². The summed E-state index contributed by atoms with van der Waals surface area (Å²) in [6.07, 6.45) is 3.40. The highest BCUT2D eigenvalue weighted by molar-refractivity contribution is 9.10. The van der Waals surface area contributed by atoms with Crippen molar-refractivity contribution in [3.8, 4) is 11.4 Å². The number of carbonyl (C=O) groups is 1. The summed E-state index contributed by atoms with van der Waals surface area (Å²) in [5, 5.41) is 9.31. The van der Waals surface area contributed by atoms with E-state index in [0.29, 0.717) is 48.5 Å². The number of amides is 1. The number of ether oxygens (including phenoxy) is 1. The summed E-state index contributed by atoms with van der Waals surface area (Å²) in [7, 11) is 1.67. The normalized spacial score (nSPS) is 13.6. The highest BCUT2D eigenvalue weighted by Crippen LogP contribution is 2.29. The number of piperazine rings is 1. The van der Waals surface area contributed by atoms with Crippen molar-refractivity contribution in [3.63, 3.8) is 0 Å². The summed E-state index contributed by atoms with van der Waals surface area (Å²) >= 11 is 4.92. The molecular formula is C25H24BrN7O2S. The summed E-state index contributed by atoms with van der Waals surface area (Å²) in [5.41, 5.74) is 2.93. The lowest BCUT2D eigenvalue weighted by molar-refractivity contribution is 0.0740. The van der Waals surface area contributed by atoms with Crippen molar-refractivity contribution in [1.29, 1.82) is 0 Å². The molecule has 1 aliphatic heterocycles. The summed E-state index contributed by atoms with van der Waals surface area (Å²) in [6.45, 7) is 2.57. The number of halogens is 1. The first-order valence-electron chi connectivity index (χ1n) is 11.4. The smallest absolute Gasteiger partial charge is 0.276 e. The molecule has 11 heteroatoms. The van der Waals surface area contributed by atoms with Gasteiger partial charge in [0.15, 0.2) is 10.9 Å². The molecule has 1 aliphatic rings. The third-order valence-electron chi connectivity index (χ3n) is 5.91. The van der Waals surface area contributed by atoms with Crippen LogP contribution in [-0.4, -0.2) is 69.1 Å². The van der Waals surface area contributed by atoms with E-state index in [1.54, 1.807) is 30.3 Å². The van der Waals surface area contributed by atoms with Gasteiger partial charge < -0.3 is 14.5 Å². The topological polar surface area (TPSA) is 89.3 Å². The SMILES string of the molecule is COc1ccccc1N1CCN(C(=O)c2nnn(-c3ccc(Br)cc3)c2CSc2ncccn2)CC1. The lowest BCUT2D eigenvalue weighted by Gasteiger charge is -2.36. The molecule has 0 spiro atoms. The Morgan fingerprint density at radius 1 is 1.00 bits per heavy atom. The zero-order valence-electron chi connectivity index (χ0n) is 19.6. The standard InChI is InChI=1S/C25H24BrN7O2S/c1-35-22-6-3-2-5-20(22)31-13-15-32(16-14-31)24(34)23-21(17-36-25-27-11-4-12-28-25)33(30-29-23)19-9-7-18(26)8-10-19/h2-12H,13-17H2,1H3. The van der Waals surface area contributed by atoms with E-state index in [1.165, 1.54) is 11.8 Å². The van der Waals surface area contributed by atoms with Gasteiger partial charge in [-0.05, 0) is 42.5 Å². The Morgan fingerprint density at radius 3 is 2.44 bits per heavy atom. The second-order valence-electron chi connectivity index (χ2n) is 8.04. The van der Waals surface area contributed by atoms with E-state index in [9.17, 15) is 4.79 Å². The summed E-state index contributed by atoms with van der Waals surface area (Å²) in [5.74, 6) is 1.16. The average Bonchev–Trinajstić information content (AvgIpc) is 3.36. The first-order chi connectivity index (χ1) is 17.6. The number of rotatable bonds is 7. The highest BCUT2D eigenvalue weighted by atomic mass is 79.9. The van der Waals surface area contributed by atoms with Crippen molar-refractivity contribution in [2.75, 3.05) is 38.2 Å². The lowest BCUT2D eigenvalue weighted by Crippen LogP contribution is -2.49. The molecule has 0 atom stereocenters. The maximum atomic E-state index is 13.6. The molecule has 0 bridgehead atoms. The molecule has 0 N–H and O–H groups in total. The van der Waals surface area contributed by atoms with Gasteiger partial charge in [-0.25, -0.2) is 14.6 Å². The molecule has 0 unspecified atom stereocenters. The number of thioether (sulfide) groups is 1. The molecule has 2 aromatic heterocycles. The van der Waals surface area contributed by atoms with Crippen LogP contribution in [0.5, 0.6) is 5.75 Å². The molecule has 9 nitrogen and oxygen atoms in total. The predicted octanol–water partition coefficient (Wildman–Crippen LogP) is 4.08. The Morgan fingerprint density at radius 2 is 1.72 bits per heavy atom. The van der Waals surface area contributed by atoms with E-state index in [1.807, 2.05) is 53.4 Å². The van der Waals surface area contributed by atoms with E-state index >= 15 is 0 Å². The van der Waals surface area contributed by atoms with Crippen molar-refractivity contribution in [2.24, 2.45) is 0 Å². The summed E-state index contributed by atoms with van der Waals surface area (Å²) in [6, 6.07) is 17.5. The van der Waals surface area contributed by atoms with Crippen molar-refractivity contribution in [2.45, 2.75) is 10.9 Å². The van der Waals surface area contributed by atoms with Crippen LogP contribution < -0.4 is 9.64 Å². The second kappa shape index (κ2) is 11.1. The van der Waals surface area contributed by atoms with Gasteiger partial charge in [0.2, 0.25) is 0 Å². The number of anilines is 1. The number of carbonyl (C=O) groups excluding carboxylic acids is 1. The molecule has 36 heavy (non-hydrogen) atoms.